The van der Waals surface area contributed by atoms with E-state index in [2.05, 4.69) is 5.10 Å². The number of nitrogens with two attached hydrogens (primary N) is 1. The molecule has 0 spiro atoms. The molecule has 16 heavy (non-hydrogen) atoms. The summed E-state index contributed by atoms with van der Waals surface area (Å²) in [5.74, 6) is 0.0316. The highest BCUT2D eigenvalue weighted by Gasteiger charge is 2.15. The number of hydrogen-bond acceptors (Lipinski definition) is 3. The van der Waals surface area contributed by atoms with E-state index in [1.165, 1.54) is 0 Å². The SMILES string of the molecule is Cc1cc(C)n(CC(=O)N(C)C(C)CN)n1. The molecule has 5 nitrogen and oxygen atoms in total. The van der Waals surface area contributed by atoms with Crippen LogP contribution < -0.4 is 5.73 Å². The normalized spacial score (nSPS) is 12.6. The van der Waals surface area contributed by atoms with Crippen molar-refractivity contribution in [1.29, 1.82) is 0 Å². The van der Waals surface area contributed by atoms with Crippen molar-refractivity contribution in [2.45, 2.75) is 33.4 Å². The third-order valence-corrected chi connectivity index (χ3v) is 2.78. The third-order valence-electron chi connectivity index (χ3n) is 2.78. The average Bonchev–Trinajstić information content (AvgIpc) is 2.55. The minimum absolute atomic E-state index is 0.0316. The minimum atomic E-state index is 0.0316. The van der Waals surface area contributed by atoms with Gasteiger partial charge in [-0.3, -0.25) is 9.48 Å². The third kappa shape index (κ3) is 2.82. The molecule has 1 atom stereocenters. The lowest BCUT2D eigenvalue weighted by Crippen LogP contribution is -2.41. The minimum Gasteiger partial charge on any atom is -0.340 e. The van der Waals surface area contributed by atoms with Crippen LogP contribution in [0.1, 0.15) is 18.3 Å². The Morgan fingerprint density at radius 3 is 2.69 bits per heavy atom. The van der Waals surface area contributed by atoms with Crippen molar-refractivity contribution >= 4 is 5.91 Å². The molecule has 0 radical (unpaired) electrons. The number of rotatable bonds is 4. The van der Waals surface area contributed by atoms with Crippen LogP contribution in [-0.2, 0) is 11.3 Å². The van der Waals surface area contributed by atoms with Crippen LogP contribution in [-0.4, -0.2) is 40.2 Å². The summed E-state index contributed by atoms with van der Waals surface area (Å²) >= 11 is 0. The molecule has 90 valence electrons. The van der Waals surface area contributed by atoms with Crippen LogP contribution in [0.3, 0.4) is 0 Å². The molecule has 5 heteroatoms. The maximum Gasteiger partial charge on any atom is 0.244 e. The Hall–Kier alpha value is -1.36. The Bertz CT molecular complexity index is 372. The van der Waals surface area contributed by atoms with Gasteiger partial charge >= 0.3 is 0 Å². The highest BCUT2D eigenvalue weighted by Crippen LogP contribution is 2.03. The van der Waals surface area contributed by atoms with Crippen molar-refractivity contribution in [2.75, 3.05) is 13.6 Å². The molecule has 1 unspecified atom stereocenters. The Balaban J connectivity index is 2.67. The molecular formula is C11H20N4O. The predicted octanol–water partition coefficient (Wildman–Crippen LogP) is 0.306. The van der Waals surface area contributed by atoms with Gasteiger partial charge in [-0.1, -0.05) is 0 Å². The van der Waals surface area contributed by atoms with Crippen molar-refractivity contribution in [1.82, 2.24) is 14.7 Å². The number of nitrogens with zero attached hydrogens (tertiary/aromatic N) is 3. The first kappa shape index (κ1) is 12.7. The van der Waals surface area contributed by atoms with Crippen LogP contribution in [0.2, 0.25) is 0 Å². The predicted molar refractivity (Wildman–Crippen MR) is 63.0 cm³/mol. The molecule has 1 aromatic rings. The summed E-state index contributed by atoms with van der Waals surface area (Å²) in [4.78, 5) is 13.5. The molecule has 1 rings (SSSR count). The zero-order chi connectivity index (χ0) is 12.3. The lowest BCUT2D eigenvalue weighted by Gasteiger charge is -2.23. The van der Waals surface area contributed by atoms with Gasteiger partial charge in [0.2, 0.25) is 5.91 Å². The summed E-state index contributed by atoms with van der Waals surface area (Å²) in [5, 5.41) is 4.26. The molecule has 1 heterocycles. The number of amides is 1. The molecule has 0 bridgehead atoms. The summed E-state index contributed by atoms with van der Waals surface area (Å²) in [7, 11) is 1.77. The van der Waals surface area contributed by atoms with E-state index in [0.717, 1.165) is 11.4 Å². The Labute approximate surface area is 96.2 Å². The molecule has 1 aromatic heterocycles. The maximum absolute atomic E-state index is 11.9. The number of likely N-dealkylation sites (N-methyl/N-ethyl adjacent to an activating group) is 1. The summed E-state index contributed by atoms with van der Waals surface area (Å²) in [6.45, 7) is 6.54. The molecule has 0 fully saturated rings. The molecular weight excluding hydrogens is 204 g/mol. The van der Waals surface area contributed by atoms with E-state index in [-0.39, 0.29) is 18.5 Å². The van der Waals surface area contributed by atoms with E-state index in [0.29, 0.717) is 6.54 Å². The van der Waals surface area contributed by atoms with Crippen LogP contribution in [0.15, 0.2) is 6.07 Å². The van der Waals surface area contributed by atoms with Crippen LogP contribution >= 0.6 is 0 Å². The topological polar surface area (TPSA) is 64.2 Å². The van der Waals surface area contributed by atoms with Gasteiger partial charge in [0.15, 0.2) is 0 Å². The van der Waals surface area contributed by atoms with Crippen molar-refractivity contribution < 1.29 is 4.79 Å². The Morgan fingerprint density at radius 2 is 2.25 bits per heavy atom. The van der Waals surface area contributed by atoms with Crippen LogP contribution in [0.5, 0.6) is 0 Å². The first-order valence-corrected chi connectivity index (χ1v) is 5.42. The number of carbonyl (C=O) groups is 1. The lowest BCUT2D eigenvalue weighted by atomic mass is 10.3. The van der Waals surface area contributed by atoms with Crippen LogP contribution in [0.25, 0.3) is 0 Å². The molecule has 0 aliphatic carbocycles. The van der Waals surface area contributed by atoms with E-state index < -0.39 is 0 Å². The maximum atomic E-state index is 11.9. The molecule has 0 saturated heterocycles. The first-order valence-electron chi connectivity index (χ1n) is 5.42. The van der Waals surface area contributed by atoms with Gasteiger partial charge in [-0.2, -0.15) is 5.10 Å². The van der Waals surface area contributed by atoms with Crippen molar-refractivity contribution in [3.8, 4) is 0 Å². The second kappa shape index (κ2) is 5.12. The standard InChI is InChI=1S/C11H20N4O/c1-8-5-9(2)15(13-8)7-11(16)14(4)10(3)6-12/h5,10H,6-7,12H2,1-4H3. The molecule has 1 amide bonds. The number of aryl methyl sites for hydroxylation is 2. The van der Waals surface area contributed by atoms with E-state index in [9.17, 15) is 4.79 Å². The zero-order valence-electron chi connectivity index (χ0n) is 10.4. The van der Waals surface area contributed by atoms with Gasteiger partial charge in [-0.25, -0.2) is 0 Å². The highest BCUT2D eigenvalue weighted by atomic mass is 16.2. The van der Waals surface area contributed by atoms with Gasteiger partial charge in [0.05, 0.1) is 5.69 Å². The van der Waals surface area contributed by atoms with Crippen molar-refractivity contribution in [2.24, 2.45) is 5.73 Å². The smallest absolute Gasteiger partial charge is 0.244 e. The van der Waals surface area contributed by atoms with Crippen LogP contribution in [0, 0.1) is 13.8 Å². The summed E-state index contributed by atoms with van der Waals surface area (Å²) in [5.41, 5.74) is 7.45. The molecule has 0 aliphatic heterocycles. The Kier molecular flexibility index (Phi) is 4.06. The first-order chi connectivity index (χ1) is 7.45. The fraction of sp³-hybridized carbons (Fsp3) is 0.636. The molecule has 2 N–H and O–H groups in total. The largest absolute Gasteiger partial charge is 0.340 e. The van der Waals surface area contributed by atoms with Crippen molar-refractivity contribution in [3.63, 3.8) is 0 Å². The van der Waals surface area contributed by atoms with Crippen molar-refractivity contribution in [3.05, 3.63) is 17.5 Å². The average molecular weight is 224 g/mol. The van der Waals surface area contributed by atoms with E-state index >= 15 is 0 Å². The summed E-state index contributed by atoms with van der Waals surface area (Å²) in [6, 6.07) is 2.02. The number of hydrogen-bond donors (Lipinski definition) is 1. The van der Waals surface area contributed by atoms with Gasteiger partial charge in [0.1, 0.15) is 6.54 Å². The fourth-order valence-electron chi connectivity index (χ4n) is 1.48. The monoisotopic (exact) mass is 224 g/mol. The van der Waals surface area contributed by atoms with Gasteiger partial charge < -0.3 is 10.6 Å². The molecule has 0 saturated carbocycles. The zero-order valence-corrected chi connectivity index (χ0v) is 10.4. The number of carbonyl (C=O) groups excluding carboxylic acids is 1. The summed E-state index contributed by atoms with van der Waals surface area (Å²) < 4.78 is 1.72. The second-order valence-electron chi connectivity index (χ2n) is 4.17. The van der Waals surface area contributed by atoms with E-state index in [1.807, 2.05) is 26.8 Å². The van der Waals surface area contributed by atoms with Crippen LogP contribution in [0.4, 0.5) is 0 Å². The van der Waals surface area contributed by atoms with E-state index in [1.54, 1.807) is 16.6 Å². The number of aromatic nitrogens is 2. The Morgan fingerprint density at radius 1 is 1.62 bits per heavy atom. The van der Waals surface area contributed by atoms with Gasteiger partial charge in [-0.05, 0) is 26.8 Å². The lowest BCUT2D eigenvalue weighted by molar-refractivity contribution is -0.132. The van der Waals surface area contributed by atoms with Gasteiger partial charge in [-0.15, -0.1) is 0 Å². The van der Waals surface area contributed by atoms with Gasteiger partial charge in [0, 0.05) is 25.3 Å². The van der Waals surface area contributed by atoms with E-state index in [4.69, 9.17) is 5.73 Å². The quantitative estimate of drug-likeness (QED) is 0.800. The molecule has 0 aromatic carbocycles. The highest BCUT2D eigenvalue weighted by molar-refractivity contribution is 5.76. The molecule has 0 aliphatic rings. The second-order valence-corrected chi connectivity index (χ2v) is 4.17. The summed E-state index contributed by atoms with van der Waals surface area (Å²) in [6.07, 6.45) is 0. The fourth-order valence-corrected chi connectivity index (χ4v) is 1.48. The van der Waals surface area contributed by atoms with Gasteiger partial charge in [0.25, 0.3) is 0 Å².